The van der Waals surface area contributed by atoms with Gasteiger partial charge in [-0.1, -0.05) is 18.2 Å². The molecule has 0 saturated heterocycles. The lowest BCUT2D eigenvalue weighted by molar-refractivity contribution is 0.104. The molecule has 0 bridgehead atoms. The van der Waals surface area contributed by atoms with Crippen LogP contribution in [0.1, 0.15) is 25.0 Å². The van der Waals surface area contributed by atoms with Crippen molar-refractivity contribution in [1.82, 2.24) is 0 Å². The summed E-state index contributed by atoms with van der Waals surface area (Å²) < 4.78 is 1.22. The standard InChI is InChI=1S/C17H12OS2/c1-10-6-7-12(19-10)8-11-9-14-13-4-2-3-5-15(13)20-17(14)16(11)18/h2-8H,9H2,1H3/b11-8+. The smallest absolute Gasteiger partial charge is 0.199 e. The number of carbonyl (C=O) groups is 1. The predicted octanol–water partition coefficient (Wildman–Crippen LogP) is 5.09. The van der Waals surface area contributed by atoms with Crippen LogP contribution >= 0.6 is 22.7 Å². The lowest BCUT2D eigenvalue weighted by atomic mass is 10.1. The van der Waals surface area contributed by atoms with Gasteiger partial charge in [0.1, 0.15) is 0 Å². The van der Waals surface area contributed by atoms with E-state index in [1.165, 1.54) is 25.4 Å². The van der Waals surface area contributed by atoms with Crippen molar-refractivity contribution in [3.63, 3.8) is 0 Å². The molecule has 0 N–H and O–H groups in total. The average Bonchev–Trinajstić information content (AvgIpc) is 3.09. The maximum absolute atomic E-state index is 12.5. The zero-order chi connectivity index (χ0) is 13.7. The Morgan fingerprint density at radius 2 is 1.95 bits per heavy atom. The minimum absolute atomic E-state index is 0.215. The fourth-order valence-electron chi connectivity index (χ4n) is 2.69. The highest BCUT2D eigenvalue weighted by molar-refractivity contribution is 7.21. The molecule has 98 valence electrons. The van der Waals surface area contributed by atoms with Gasteiger partial charge in [-0.25, -0.2) is 0 Å². The Morgan fingerprint density at radius 1 is 1.10 bits per heavy atom. The number of fused-ring (bicyclic) bond motifs is 3. The monoisotopic (exact) mass is 296 g/mol. The van der Waals surface area contributed by atoms with E-state index < -0.39 is 0 Å². The zero-order valence-corrected chi connectivity index (χ0v) is 12.6. The van der Waals surface area contributed by atoms with E-state index in [0.717, 1.165) is 16.9 Å². The molecule has 20 heavy (non-hydrogen) atoms. The van der Waals surface area contributed by atoms with Crippen molar-refractivity contribution in [1.29, 1.82) is 0 Å². The second kappa shape index (κ2) is 4.40. The van der Waals surface area contributed by atoms with Gasteiger partial charge in [-0.05, 0) is 42.1 Å². The van der Waals surface area contributed by atoms with Gasteiger partial charge in [-0.15, -0.1) is 22.7 Å². The molecule has 1 aliphatic rings. The summed E-state index contributed by atoms with van der Waals surface area (Å²) in [6, 6.07) is 12.5. The Morgan fingerprint density at radius 3 is 2.75 bits per heavy atom. The normalized spacial score (nSPS) is 16.2. The van der Waals surface area contributed by atoms with Crippen LogP contribution in [0.2, 0.25) is 0 Å². The summed E-state index contributed by atoms with van der Waals surface area (Å²) in [6.07, 6.45) is 2.83. The first-order valence-corrected chi connectivity index (χ1v) is 8.18. The Kier molecular flexibility index (Phi) is 2.65. The summed E-state index contributed by atoms with van der Waals surface area (Å²) in [5.41, 5.74) is 2.15. The van der Waals surface area contributed by atoms with Crippen LogP contribution in [0.25, 0.3) is 16.2 Å². The number of carbonyl (C=O) groups excluding carboxylic acids is 1. The molecule has 2 aromatic heterocycles. The SMILES string of the molecule is Cc1ccc(/C=C2\Cc3c(sc4ccccc34)C2=O)s1. The van der Waals surface area contributed by atoms with Gasteiger partial charge < -0.3 is 0 Å². The van der Waals surface area contributed by atoms with Crippen LogP contribution < -0.4 is 0 Å². The molecule has 1 aromatic carbocycles. The summed E-state index contributed by atoms with van der Waals surface area (Å²) in [4.78, 5) is 15.9. The van der Waals surface area contributed by atoms with Crippen molar-refractivity contribution in [2.75, 3.05) is 0 Å². The summed E-state index contributed by atoms with van der Waals surface area (Å²) in [5.74, 6) is 0.215. The number of allylic oxidation sites excluding steroid dienone is 1. The number of rotatable bonds is 1. The molecule has 0 saturated carbocycles. The van der Waals surface area contributed by atoms with Gasteiger partial charge in [-0.2, -0.15) is 0 Å². The van der Waals surface area contributed by atoms with Crippen molar-refractivity contribution in [2.24, 2.45) is 0 Å². The zero-order valence-electron chi connectivity index (χ0n) is 11.0. The second-order valence-electron chi connectivity index (χ2n) is 5.03. The minimum atomic E-state index is 0.215. The first-order valence-electron chi connectivity index (χ1n) is 6.54. The highest BCUT2D eigenvalue weighted by atomic mass is 32.1. The maximum Gasteiger partial charge on any atom is 0.199 e. The summed E-state index contributed by atoms with van der Waals surface area (Å²) >= 11 is 3.36. The number of Topliss-reactive ketones (excluding diaryl/α,β-unsaturated/α-hetero) is 1. The van der Waals surface area contributed by atoms with Gasteiger partial charge >= 0.3 is 0 Å². The first-order chi connectivity index (χ1) is 9.72. The second-order valence-corrected chi connectivity index (χ2v) is 7.40. The van der Waals surface area contributed by atoms with E-state index in [9.17, 15) is 4.79 Å². The molecule has 3 heteroatoms. The van der Waals surface area contributed by atoms with E-state index >= 15 is 0 Å². The molecule has 0 spiro atoms. The fraction of sp³-hybridized carbons (Fsp3) is 0.118. The molecule has 4 rings (SSSR count). The minimum Gasteiger partial charge on any atom is -0.288 e. The molecule has 2 heterocycles. The molecule has 3 aromatic rings. The molecule has 1 aliphatic carbocycles. The number of hydrogen-bond acceptors (Lipinski definition) is 3. The Bertz CT molecular complexity index is 864. The predicted molar refractivity (Wildman–Crippen MR) is 86.9 cm³/mol. The number of hydrogen-bond donors (Lipinski definition) is 0. The Labute approximate surface area is 125 Å². The molecule has 0 unspecified atom stereocenters. The van der Waals surface area contributed by atoms with Crippen LogP contribution in [0.5, 0.6) is 0 Å². The maximum atomic E-state index is 12.5. The highest BCUT2D eigenvalue weighted by Gasteiger charge is 2.29. The molecule has 0 aliphatic heterocycles. The molecule has 0 fully saturated rings. The highest BCUT2D eigenvalue weighted by Crippen LogP contribution is 2.40. The third kappa shape index (κ3) is 1.78. The van der Waals surface area contributed by atoms with Crippen LogP contribution in [0.3, 0.4) is 0 Å². The quantitative estimate of drug-likeness (QED) is 0.571. The lowest BCUT2D eigenvalue weighted by Crippen LogP contribution is -1.92. The van der Waals surface area contributed by atoms with Gasteiger partial charge in [0.25, 0.3) is 0 Å². The van der Waals surface area contributed by atoms with Crippen LogP contribution in [-0.4, -0.2) is 5.78 Å². The van der Waals surface area contributed by atoms with Crippen molar-refractivity contribution in [3.8, 4) is 0 Å². The van der Waals surface area contributed by atoms with E-state index in [0.29, 0.717) is 0 Å². The van der Waals surface area contributed by atoms with Crippen LogP contribution in [-0.2, 0) is 6.42 Å². The van der Waals surface area contributed by atoms with Gasteiger partial charge in [0, 0.05) is 26.4 Å². The fourth-order valence-corrected chi connectivity index (χ4v) is 4.74. The third-order valence-electron chi connectivity index (χ3n) is 3.64. The van der Waals surface area contributed by atoms with Gasteiger partial charge in [-0.3, -0.25) is 4.79 Å². The third-order valence-corrected chi connectivity index (χ3v) is 5.80. The van der Waals surface area contributed by atoms with Gasteiger partial charge in [0.05, 0.1) is 4.88 Å². The molecular formula is C17H12OS2. The number of thiophene rings is 2. The molecular weight excluding hydrogens is 284 g/mol. The van der Waals surface area contributed by atoms with E-state index in [1.54, 1.807) is 22.7 Å². The largest absolute Gasteiger partial charge is 0.288 e. The van der Waals surface area contributed by atoms with Crippen molar-refractivity contribution >= 4 is 44.6 Å². The Hall–Kier alpha value is -1.71. The summed E-state index contributed by atoms with van der Waals surface area (Å²) in [6.45, 7) is 2.09. The first kappa shape index (κ1) is 12.1. The summed E-state index contributed by atoms with van der Waals surface area (Å²) in [7, 11) is 0. The summed E-state index contributed by atoms with van der Waals surface area (Å²) in [5, 5.41) is 1.24. The number of benzene rings is 1. The lowest BCUT2D eigenvalue weighted by Gasteiger charge is -1.95. The number of aryl methyl sites for hydroxylation is 1. The van der Waals surface area contributed by atoms with Crippen molar-refractivity contribution in [3.05, 3.63) is 62.2 Å². The average molecular weight is 296 g/mol. The Balaban J connectivity index is 1.81. The molecule has 1 nitrogen and oxygen atoms in total. The van der Waals surface area contributed by atoms with E-state index in [1.807, 2.05) is 12.1 Å². The van der Waals surface area contributed by atoms with E-state index in [4.69, 9.17) is 0 Å². The molecule has 0 amide bonds. The van der Waals surface area contributed by atoms with Crippen LogP contribution in [0.4, 0.5) is 0 Å². The van der Waals surface area contributed by atoms with Gasteiger partial charge in [0.2, 0.25) is 0 Å². The van der Waals surface area contributed by atoms with Crippen LogP contribution in [0, 0.1) is 6.92 Å². The topological polar surface area (TPSA) is 17.1 Å². The van der Waals surface area contributed by atoms with E-state index in [2.05, 4.69) is 37.3 Å². The molecule has 0 radical (unpaired) electrons. The number of ketones is 1. The van der Waals surface area contributed by atoms with Gasteiger partial charge in [0.15, 0.2) is 5.78 Å². The molecule has 0 atom stereocenters. The van der Waals surface area contributed by atoms with Crippen LogP contribution in [0.15, 0.2) is 42.0 Å². The van der Waals surface area contributed by atoms with Crippen molar-refractivity contribution in [2.45, 2.75) is 13.3 Å². The van der Waals surface area contributed by atoms with Crippen molar-refractivity contribution < 1.29 is 4.79 Å². The van der Waals surface area contributed by atoms with E-state index in [-0.39, 0.29) is 5.78 Å².